The zero-order chi connectivity index (χ0) is 14.8. The highest BCUT2D eigenvalue weighted by molar-refractivity contribution is 7.15. The predicted molar refractivity (Wildman–Crippen MR) is 92.2 cm³/mol. The van der Waals surface area contributed by atoms with Crippen LogP contribution in [-0.4, -0.2) is 11.5 Å². The van der Waals surface area contributed by atoms with Crippen molar-refractivity contribution in [1.29, 1.82) is 0 Å². The van der Waals surface area contributed by atoms with Crippen molar-refractivity contribution in [3.63, 3.8) is 0 Å². The maximum atomic E-state index is 6.27. The van der Waals surface area contributed by atoms with Crippen LogP contribution in [-0.2, 0) is 0 Å². The molecule has 0 aliphatic heterocycles. The summed E-state index contributed by atoms with van der Waals surface area (Å²) in [5, 5.41) is 5.20. The molecule has 0 aliphatic carbocycles. The first kappa shape index (κ1) is 14.5. The molecule has 0 amide bonds. The van der Waals surface area contributed by atoms with Gasteiger partial charge in [-0.2, -0.15) is 0 Å². The number of fused-ring (bicyclic) bond motifs is 1. The van der Waals surface area contributed by atoms with E-state index in [2.05, 4.69) is 42.3 Å². The van der Waals surface area contributed by atoms with Crippen LogP contribution in [0.1, 0.15) is 24.8 Å². The molecule has 21 heavy (non-hydrogen) atoms. The van der Waals surface area contributed by atoms with Crippen molar-refractivity contribution in [3.8, 4) is 10.4 Å². The highest BCUT2D eigenvalue weighted by Gasteiger charge is 2.12. The second-order valence-electron chi connectivity index (χ2n) is 4.98. The molecule has 0 bridgehead atoms. The maximum absolute atomic E-state index is 6.27. The normalized spacial score (nSPS) is 12.7. The highest BCUT2D eigenvalue weighted by atomic mass is 35.5. The molecule has 2 nitrogen and oxygen atoms in total. The van der Waals surface area contributed by atoms with Gasteiger partial charge < -0.3 is 5.32 Å². The SMILES string of the molecule is CCNC(C)c1ccc(-c2ccc(Cl)c3cccnc23)s1. The third-order valence-electron chi connectivity index (χ3n) is 3.55. The molecule has 0 saturated heterocycles. The number of rotatable bonds is 4. The zero-order valence-electron chi connectivity index (χ0n) is 12.1. The second-order valence-corrected chi connectivity index (χ2v) is 6.50. The van der Waals surface area contributed by atoms with E-state index in [9.17, 15) is 0 Å². The molecule has 108 valence electrons. The van der Waals surface area contributed by atoms with Gasteiger partial charge in [0.25, 0.3) is 0 Å². The van der Waals surface area contributed by atoms with Crippen LogP contribution in [0.25, 0.3) is 21.3 Å². The van der Waals surface area contributed by atoms with Crippen LogP contribution in [0.2, 0.25) is 5.02 Å². The van der Waals surface area contributed by atoms with Crippen molar-refractivity contribution >= 4 is 33.8 Å². The lowest BCUT2D eigenvalue weighted by Crippen LogP contribution is -2.16. The molecule has 0 aliphatic rings. The third-order valence-corrected chi connectivity index (χ3v) is 5.18. The van der Waals surface area contributed by atoms with Gasteiger partial charge in [-0.1, -0.05) is 18.5 Å². The Morgan fingerprint density at radius 2 is 2.10 bits per heavy atom. The van der Waals surface area contributed by atoms with Gasteiger partial charge in [-0.25, -0.2) is 0 Å². The first-order chi connectivity index (χ1) is 10.2. The molecule has 0 fully saturated rings. The summed E-state index contributed by atoms with van der Waals surface area (Å²) in [6, 6.07) is 12.7. The van der Waals surface area contributed by atoms with Crippen molar-refractivity contribution in [3.05, 3.63) is 52.5 Å². The van der Waals surface area contributed by atoms with Gasteiger partial charge in [0.05, 0.1) is 10.5 Å². The molecular weight excluding hydrogens is 300 g/mol. The van der Waals surface area contributed by atoms with E-state index in [1.807, 2.05) is 35.7 Å². The van der Waals surface area contributed by atoms with Crippen molar-refractivity contribution in [1.82, 2.24) is 10.3 Å². The van der Waals surface area contributed by atoms with Crippen molar-refractivity contribution in [2.45, 2.75) is 19.9 Å². The van der Waals surface area contributed by atoms with Crippen LogP contribution in [0.5, 0.6) is 0 Å². The standard InChI is InChI=1S/C17H17ClN2S/c1-3-19-11(2)15-8-9-16(21-15)13-6-7-14(18)12-5-4-10-20-17(12)13/h4-11,19H,3H2,1-2H3. The number of nitrogens with one attached hydrogen (secondary N) is 1. The molecule has 0 spiro atoms. The molecule has 0 radical (unpaired) electrons. The number of aromatic nitrogens is 1. The monoisotopic (exact) mass is 316 g/mol. The Kier molecular flexibility index (Phi) is 4.24. The average Bonchev–Trinajstić information content (AvgIpc) is 2.98. The summed E-state index contributed by atoms with van der Waals surface area (Å²) in [4.78, 5) is 7.09. The Balaban J connectivity index is 2.07. The fourth-order valence-corrected chi connectivity index (χ4v) is 3.75. The van der Waals surface area contributed by atoms with E-state index in [1.54, 1.807) is 0 Å². The summed E-state index contributed by atoms with van der Waals surface area (Å²) in [7, 11) is 0. The fraction of sp³-hybridized carbons (Fsp3) is 0.235. The molecular formula is C17H17ClN2S. The number of thiophene rings is 1. The minimum Gasteiger partial charge on any atom is -0.310 e. The lowest BCUT2D eigenvalue weighted by atomic mass is 10.1. The third kappa shape index (κ3) is 2.82. The van der Waals surface area contributed by atoms with Gasteiger partial charge in [0.2, 0.25) is 0 Å². The van der Waals surface area contributed by atoms with Crippen LogP contribution in [0, 0.1) is 0 Å². The lowest BCUT2D eigenvalue weighted by molar-refractivity contribution is 0.607. The highest BCUT2D eigenvalue weighted by Crippen LogP contribution is 2.36. The maximum Gasteiger partial charge on any atom is 0.0803 e. The first-order valence-electron chi connectivity index (χ1n) is 7.07. The van der Waals surface area contributed by atoms with Crippen molar-refractivity contribution in [2.75, 3.05) is 6.54 Å². The number of halogens is 1. The Hall–Kier alpha value is -1.42. The summed E-state index contributed by atoms with van der Waals surface area (Å²) in [6.07, 6.45) is 1.82. The van der Waals surface area contributed by atoms with Crippen molar-refractivity contribution in [2.24, 2.45) is 0 Å². The first-order valence-corrected chi connectivity index (χ1v) is 8.27. The summed E-state index contributed by atoms with van der Waals surface area (Å²) in [5.41, 5.74) is 2.12. The number of benzene rings is 1. The van der Waals surface area contributed by atoms with Crippen LogP contribution < -0.4 is 5.32 Å². The van der Waals surface area contributed by atoms with E-state index in [0.29, 0.717) is 6.04 Å². The summed E-state index contributed by atoms with van der Waals surface area (Å²) < 4.78 is 0. The van der Waals surface area contributed by atoms with Crippen LogP contribution in [0.15, 0.2) is 42.6 Å². The van der Waals surface area contributed by atoms with Gasteiger partial charge in [-0.3, -0.25) is 4.98 Å². The van der Waals surface area contributed by atoms with E-state index < -0.39 is 0 Å². The summed E-state index contributed by atoms with van der Waals surface area (Å²) in [6.45, 7) is 5.29. The molecule has 1 unspecified atom stereocenters. The Morgan fingerprint density at radius 1 is 1.24 bits per heavy atom. The zero-order valence-corrected chi connectivity index (χ0v) is 13.6. The van der Waals surface area contributed by atoms with Gasteiger partial charge in [0.15, 0.2) is 0 Å². The Bertz CT molecular complexity index is 766. The Morgan fingerprint density at radius 3 is 2.90 bits per heavy atom. The Labute approximate surface area is 133 Å². The van der Waals surface area contributed by atoms with Crippen LogP contribution in [0.3, 0.4) is 0 Å². The van der Waals surface area contributed by atoms with Gasteiger partial charge in [-0.15, -0.1) is 11.3 Å². The number of pyridine rings is 1. The number of nitrogens with zero attached hydrogens (tertiary/aromatic N) is 1. The minimum atomic E-state index is 0.375. The largest absolute Gasteiger partial charge is 0.310 e. The van der Waals surface area contributed by atoms with Gasteiger partial charge >= 0.3 is 0 Å². The van der Waals surface area contributed by atoms with Gasteiger partial charge in [0, 0.05) is 32.9 Å². The fourth-order valence-electron chi connectivity index (χ4n) is 2.47. The quantitative estimate of drug-likeness (QED) is 0.707. The summed E-state index contributed by atoms with van der Waals surface area (Å²) >= 11 is 8.08. The molecule has 1 N–H and O–H groups in total. The molecule has 2 aromatic heterocycles. The predicted octanol–water partition coefficient (Wildman–Crippen LogP) is 5.29. The van der Waals surface area contributed by atoms with E-state index in [1.165, 1.54) is 9.75 Å². The lowest BCUT2D eigenvalue weighted by Gasteiger charge is -2.09. The van der Waals surface area contributed by atoms with E-state index in [4.69, 9.17) is 11.6 Å². The minimum absolute atomic E-state index is 0.375. The number of hydrogen-bond acceptors (Lipinski definition) is 3. The van der Waals surface area contributed by atoms with E-state index >= 15 is 0 Å². The molecule has 1 atom stereocenters. The molecule has 4 heteroatoms. The van der Waals surface area contributed by atoms with Crippen LogP contribution >= 0.6 is 22.9 Å². The topological polar surface area (TPSA) is 24.9 Å². The smallest absolute Gasteiger partial charge is 0.0803 e. The average molecular weight is 317 g/mol. The molecule has 0 saturated carbocycles. The molecule has 2 heterocycles. The molecule has 1 aromatic carbocycles. The summed E-state index contributed by atoms with van der Waals surface area (Å²) in [5.74, 6) is 0. The molecule has 3 aromatic rings. The van der Waals surface area contributed by atoms with Crippen LogP contribution in [0.4, 0.5) is 0 Å². The number of hydrogen-bond donors (Lipinski definition) is 1. The molecule has 3 rings (SSSR count). The van der Waals surface area contributed by atoms with E-state index in [-0.39, 0.29) is 0 Å². The second kappa shape index (κ2) is 6.14. The van der Waals surface area contributed by atoms with E-state index in [0.717, 1.165) is 28.0 Å². The van der Waals surface area contributed by atoms with Gasteiger partial charge in [-0.05, 0) is 49.9 Å². The van der Waals surface area contributed by atoms with Crippen molar-refractivity contribution < 1.29 is 0 Å². The van der Waals surface area contributed by atoms with Gasteiger partial charge in [0.1, 0.15) is 0 Å².